The number of aryl methyl sites for hydroxylation is 1. The number of carbonyl (C=O) groups is 1. The van der Waals surface area contributed by atoms with Gasteiger partial charge in [-0.05, 0) is 24.6 Å². The molecule has 146 valence electrons. The molecule has 0 atom stereocenters. The number of nitrogens with zero attached hydrogens (tertiary/aromatic N) is 2. The predicted octanol–water partition coefficient (Wildman–Crippen LogP) is 5.15. The second-order valence-corrected chi connectivity index (χ2v) is 6.51. The van der Waals surface area contributed by atoms with Crippen LogP contribution < -0.4 is 5.32 Å². The van der Waals surface area contributed by atoms with E-state index >= 15 is 0 Å². The maximum Gasteiger partial charge on any atom is 0.419 e. The summed E-state index contributed by atoms with van der Waals surface area (Å²) in [4.78, 5) is 18.0. The molecule has 1 amide bonds. The fourth-order valence-electron chi connectivity index (χ4n) is 2.96. The second kappa shape index (κ2) is 7.10. The SMILES string of the molecule is Cc1cccc2c(Nc3cccc(C(F)(F)F)c3F)ncc(C(=O)N(C)C)c12. The molecule has 1 aromatic heterocycles. The number of benzene rings is 2. The molecule has 0 bridgehead atoms. The standard InChI is InChI=1S/C20H17F4N3O/c1-11-6-4-7-12-16(11)13(19(28)27(2)3)10-25-18(12)26-15-9-5-8-14(17(15)21)20(22,23)24/h4-10H,1-3H3,(H,25,26). The molecule has 0 saturated carbocycles. The van der Waals surface area contributed by atoms with Crippen molar-refractivity contribution in [2.45, 2.75) is 13.1 Å². The Labute approximate surface area is 158 Å². The summed E-state index contributed by atoms with van der Waals surface area (Å²) in [5.41, 5.74) is -0.569. The van der Waals surface area contributed by atoms with E-state index in [1.165, 1.54) is 17.2 Å². The minimum absolute atomic E-state index is 0.159. The van der Waals surface area contributed by atoms with Crippen LogP contribution in [0.3, 0.4) is 0 Å². The third-order valence-electron chi connectivity index (χ3n) is 4.31. The van der Waals surface area contributed by atoms with Gasteiger partial charge in [0.2, 0.25) is 0 Å². The summed E-state index contributed by atoms with van der Waals surface area (Å²) < 4.78 is 53.3. The van der Waals surface area contributed by atoms with E-state index in [4.69, 9.17) is 0 Å². The zero-order chi connectivity index (χ0) is 20.6. The minimum atomic E-state index is -4.81. The van der Waals surface area contributed by atoms with E-state index in [1.807, 2.05) is 13.0 Å². The van der Waals surface area contributed by atoms with E-state index in [9.17, 15) is 22.4 Å². The van der Waals surface area contributed by atoms with Gasteiger partial charge in [-0.15, -0.1) is 0 Å². The van der Waals surface area contributed by atoms with Gasteiger partial charge in [0.25, 0.3) is 5.91 Å². The van der Waals surface area contributed by atoms with Crippen LogP contribution in [0.15, 0.2) is 42.6 Å². The monoisotopic (exact) mass is 391 g/mol. The normalized spacial score (nSPS) is 11.5. The summed E-state index contributed by atoms with van der Waals surface area (Å²) in [5.74, 6) is -1.51. The van der Waals surface area contributed by atoms with Crippen molar-refractivity contribution in [3.05, 3.63) is 65.1 Å². The quantitative estimate of drug-likeness (QED) is 0.629. The van der Waals surface area contributed by atoms with Crippen molar-refractivity contribution in [3.63, 3.8) is 0 Å². The van der Waals surface area contributed by atoms with Gasteiger partial charge in [0.05, 0.1) is 16.8 Å². The highest BCUT2D eigenvalue weighted by Gasteiger charge is 2.35. The number of amides is 1. The average Bonchev–Trinajstić information content (AvgIpc) is 2.62. The van der Waals surface area contributed by atoms with E-state index < -0.39 is 17.6 Å². The van der Waals surface area contributed by atoms with Gasteiger partial charge in [-0.25, -0.2) is 9.37 Å². The molecule has 3 rings (SSSR count). The van der Waals surface area contributed by atoms with Gasteiger partial charge in [0.15, 0.2) is 5.82 Å². The van der Waals surface area contributed by atoms with Gasteiger partial charge in [0.1, 0.15) is 5.82 Å². The van der Waals surface area contributed by atoms with Crippen molar-refractivity contribution in [1.29, 1.82) is 0 Å². The third kappa shape index (κ3) is 3.49. The molecule has 3 aromatic rings. The number of pyridine rings is 1. The Kier molecular flexibility index (Phi) is 4.97. The molecule has 0 aliphatic heterocycles. The highest BCUT2D eigenvalue weighted by molar-refractivity contribution is 6.10. The Morgan fingerprint density at radius 2 is 1.79 bits per heavy atom. The first-order valence-electron chi connectivity index (χ1n) is 8.34. The summed E-state index contributed by atoms with van der Waals surface area (Å²) in [6, 6.07) is 8.21. The zero-order valence-corrected chi connectivity index (χ0v) is 15.4. The first-order valence-corrected chi connectivity index (χ1v) is 8.34. The highest BCUT2D eigenvalue weighted by Crippen LogP contribution is 2.36. The minimum Gasteiger partial charge on any atom is -0.345 e. The number of halogens is 4. The van der Waals surface area contributed by atoms with Crippen molar-refractivity contribution in [1.82, 2.24) is 9.88 Å². The summed E-state index contributed by atoms with van der Waals surface area (Å²) in [6.45, 7) is 1.81. The molecule has 8 heteroatoms. The molecular weight excluding hydrogens is 374 g/mol. The van der Waals surface area contributed by atoms with E-state index in [2.05, 4.69) is 10.3 Å². The Bertz CT molecular complexity index is 1060. The molecule has 0 aliphatic carbocycles. The molecule has 0 fully saturated rings. The van der Waals surface area contributed by atoms with E-state index in [0.717, 1.165) is 11.6 Å². The fraction of sp³-hybridized carbons (Fsp3) is 0.200. The van der Waals surface area contributed by atoms with Crippen LogP contribution in [0.25, 0.3) is 10.8 Å². The fourth-order valence-corrected chi connectivity index (χ4v) is 2.96. The highest BCUT2D eigenvalue weighted by atomic mass is 19.4. The predicted molar refractivity (Wildman–Crippen MR) is 99.2 cm³/mol. The lowest BCUT2D eigenvalue weighted by Gasteiger charge is -2.17. The Morgan fingerprint density at radius 3 is 2.43 bits per heavy atom. The van der Waals surface area contributed by atoms with Crippen LogP contribution in [0, 0.1) is 12.7 Å². The maximum atomic E-state index is 14.4. The summed E-state index contributed by atoms with van der Waals surface area (Å²) in [7, 11) is 3.22. The number of carbonyl (C=O) groups excluding carboxylic acids is 1. The van der Waals surface area contributed by atoms with Gasteiger partial charge in [-0.2, -0.15) is 13.2 Å². The van der Waals surface area contributed by atoms with Crippen molar-refractivity contribution in [2.75, 3.05) is 19.4 Å². The van der Waals surface area contributed by atoms with Crippen LogP contribution in [0.2, 0.25) is 0 Å². The molecular formula is C20H17F4N3O. The number of anilines is 2. The molecule has 0 saturated heterocycles. The number of rotatable bonds is 3. The Balaban J connectivity index is 2.16. The smallest absolute Gasteiger partial charge is 0.345 e. The van der Waals surface area contributed by atoms with Crippen molar-refractivity contribution in [3.8, 4) is 0 Å². The molecule has 0 aliphatic rings. The van der Waals surface area contributed by atoms with Gasteiger partial charge in [-0.3, -0.25) is 4.79 Å². The molecule has 0 radical (unpaired) electrons. The van der Waals surface area contributed by atoms with Gasteiger partial charge >= 0.3 is 6.18 Å². The number of fused-ring (bicyclic) bond motifs is 1. The molecule has 0 unspecified atom stereocenters. The molecule has 1 N–H and O–H groups in total. The van der Waals surface area contributed by atoms with Crippen LogP contribution in [0.4, 0.5) is 29.1 Å². The number of nitrogens with one attached hydrogen (secondary N) is 1. The van der Waals surface area contributed by atoms with Gasteiger partial charge in [0, 0.05) is 31.1 Å². The van der Waals surface area contributed by atoms with Crippen molar-refractivity contribution >= 4 is 28.2 Å². The molecule has 1 heterocycles. The van der Waals surface area contributed by atoms with Crippen LogP contribution in [0.5, 0.6) is 0 Å². The molecule has 4 nitrogen and oxygen atoms in total. The van der Waals surface area contributed by atoms with Gasteiger partial charge < -0.3 is 10.2 Å². The summed E-state index contributed by atoms with van der Waals surface area (Å²) in [6.07, 6.45) is -3.47. The van der Waals surface area contributed by atoms with Gasteiger partial charge in [-0.1, -0.05) is 24.3 Å². The molecule has 0 spiro atoms. The van der Waals surface area contributed by atoms with Crippen LogP contribution in [-0.2, 0) is 6.18 Å². The lowest BCUT2D eigenvalue weighted by molar-refractivity contribution is -0.139. The number of alkyl halides is 3. The number of hydrogen-bond donors (Lipinski definition) is 1. The van der Waals surface area contributed by atoms with E-state index in [1.54, 1.807) is 26.2 Å². The number of aromatic nitrogens is 1. The van der Waals surface area contributed by atoms with Crippen LogP contribution >= 0.6 is 0 Å². The average molecular weight is 391 g/mol. The third-order valence-corrected chi connectivity index (χ3v) is 4.31. The van der Waals surface area contributed by atoms with Crippen LogP contribution in [-0.4, -0.2) is 29.9 Å². The molecule has 2 aromatic carbocycles. The zero-order valence-electron chi connectivity index (χ0n) is 15.4. The Hall–Kier alpha value is -3.16. The summed E-state index contributed by atoms with van der Waals surface area (Å²) >= 11 is 0. The first kappa shape index (κ1) is 19.6. The topological polar surface area (TPSA) is 45.2 Å². The molecule has 28 heavy (non-hydrogen) atoms. The maximum absolute atomic E-state index is 14.4. The second-order valence-electron chi connectivity index (χ2n) is 6.51. The largest absolute Gasteiger partial charge is 0.419 e. The lowest BCUT2D eigenvalue weighted by Crippen LogP contribution is -2.22. The van der Waals surface area contributed by atoms with Crippen molar-refractivity contribution < 1.29 is 22.4 Å². The van der Waals surface area contributed by atoms with Crippen LogP contribution in [0.1, 0.15) is 21.5 Å². The lowest BCUT2D eigenvalue weighted by atomic mass is 10.0. The number of hydrogen-bond acceptors (Lipinski definition) is 3. The van der Waals surface area contributed by atoms with Crippen molar-refractivity contribution in [2.24, 2.45) is 0 Å². The van der Waals surface area contributed by atoms with E-state index in [-0.39, 0.29) is 17.4 Å². The van der Waals surface area contributed by atoms with E-state index in [0.29, 0.717) is 22.4 Å². The first-order chi connectivity index (χ1) is 13.1. The summed E-state index contributed by atoms with van der Waals surface area (Å²) in [5, 5.41) is 3.75. The Morgan fingerprint density at radius 1 is 1.11 bits per heavy atom.